The van der Waals surface area contributed by atoms with E-state index in [0.29, 0.717) is 52.7 Å². The zero-order chi connectivity index (χ0) is 34.6. The molecule has 2 atom stereocenters. The standard InChI is InChI=1S/C37H42FN5O5S/c1-23-9-10-26-27(11-12-30(38)29(26)22-49(45,46)21-24-19-37(24)14-15-37)32(23)47-33-28(8-5-16-39-33)31-13-17-40-34(42-31)41-25-7-6-18-43(20-25)35(44)48-36(2,3)4/h5,8-13,16-17,24-25H,6-7,14-15,18-22H2,1-4H3,(H,40,41,42)/t24-,25+/m1/s1. The number of benzene rings is 2. The lowest BCUT2D eigenvalue weighted by atomic mass is 10.0. The fourth-order valence-corrected chi connectivity index (χ4v) is 8.88. The van der Waals surface area contributed by atoms with E-state index in [1.807, 2.05) is 39.8 Å². The molecule has 1 saturated heterocycles. The number of hydrogen-bond acceptors (Lipinski definition) is 9. The van der Waals surface area contributed by atoms with E-state index in [2.05, 4.69) is 15.3 Å². The van der Waals surface area contributed by atoms with Gasteiger partial charge in [0.15, 0.2) is 9.84 Å². The van der Waals surface area contributed by atoms with Gasteiger partial charge in [-0.1, -0.05) is 12.1 Å². The van der Waals surface area contributed by atoms with Gasteiger partial charge in [-0.3, -0.25) is 0 Å². The summed E-state index contributed by atoms with van der Waals surface area (Å²) in [6.45, 7) is 8.54. The quantitative estimate of drug-likeness (QED) is 0.191. The molecule has 2 aliphatic carbocycles. The molecule has 1 N–H and O–H groups in total. The third-order valence-electron chi connectivity index (χ3n) is 9.78. The average Bonchev–Trinajstić information content (AvgIpc) is 3.97. The number of halogens is 1. The van der Waals surface area contributed by atoms with Crippen LogP contribution in [0, 0.1) is 24.1 Å². The number of aryl methyl sites for hydroxylation is 1. The summed E-state index contributed by atoms with van der Waals surface area (Å²) in [5.41, 5.74) is 1.82. The van der Waals surface area contributed by atoms with Gasteiger partial charge in [0, 0.05) is 42.5 Å². The molecule has 0 radical (unpaired) electrons. The maximum absolute atomic E-state index is 15.3. The van der Waals surface area contributed by atoms with Crippen LogP contribution in [-0.2, 0) is 20.3 Å². The van der Waals surface area contributed by atoms with Gasteiger partial charge in [0.25, 0.3) is 0 Å². The van der Waals surface area contributed by atoms with Crippen LogP contribution < -0.4 is 10.1 Å². The van der Waals surface area contributed by atoms with Crippen molar-refractivity contribution >= 4 is 32.7 Å². The Morgan fingerprint density at radius 2 is 1.88 bits per heavy atom. The predicted octanol–water partition coefficient (Wildman–Crippen LogP) is 7.46. The Bertz CT molecular complexity index is 2030. The lowest BCUT2D eigenvalue weighted by molar-refractivity contribution is 0.0206. The van der Waals surface area contributed by atoms with Crippen LogP contribution in [0.3, 0.4) is 0 Å². The first-order valence-electron chi connectivity index (χ1n) is 16.9. The minimum Gasteiger partial charge on any atom is -0.444 e. The van der Waals surface area contributed by atoms with Crippen molar-refractivity contribution in [2.45, 2.75) is 77.2 Å². The van der Waals surface area contributed by atoms with Gasteiger partial charge < -0.3 is 19.7 Å². The van der Waals surface area contributed by atoms with Gasteiger partial charge in [-0.25, -0.2) is 32.6 Å². The predicted molar refractivity (Wildman–Crippen MR) is 186 cm³/mol. The summed E-state index contributed by atoms with van der Waals surface area (Å²) in [4.78, 5) is 28.1. The zero-order valence-electron chi connectivity index (χ0n) is 28.3. The highest BCUT2D eigenvalue weighted by molar-refractivity contribution is 7.90. The summed E-state index contributed by atoms with van der Waals surface area (Å²) in [6.07, 6.45) is 7.78. The van der Waals surface area contributed by atoms with E-state index in [9.17, 15) is 13.2 Å². The number of anilines is 1. The van der Waals surface area contributed by atoms with E-state index in [-0.39, 0.29) is 40.5 Å². The first-order chi connectivity index (χ1) is 23.3. The summed E-state index contributed by atoms with van der Waals surface area (Å²) >= 11 is 0. The molecule has 1 amide bonds. The first-order valence-corrected chi connectivity index (χ1v) is 18.7. The second-order valence-electron chi connectivity index (χ2n) is 14.8. The number of carbonyl (C=O) groups is 1. The van der Waals surface area contributed by atoms with Crippen molar-refractivity contribution in [3.63, 3.8) is 0 Å². The zero-order valence-corrected chi connectivity index (χ0v) is 29.1. The van der Waals surface area contributed by atoms with Crippen molar-refractivity contribution in [3.8, 4) is 22.9 Å². The molecule has 0 unspecified atom stereocenters. The van der Waals surface area contributed by atoms with Gasteiger partial charge in [0.2, 0.25) is 11.8 Å². The normalized spacial score (nSPS) is 19.9. The molecule has 258 valence electrons. The van der Waals surface area contributed by atoms with Crippen LogP contribution in [0.2, 0.25) is 0 Å². The molecule has 12 heteroatoms. The monoisotopic (exact) mass is 687 g/mol. The van der Waals surface area contributed by atoms with Gasteiger partial charge in [-0.2, -0.15) is 0 Å². The highest BCUT2D eigenvalue weighted by atomic mass is 32.2. The molecule has 49 heavy (non-hydrogen) atoms. The summed E-state index contributed by atoms with van der Waals surface area (Å²) in [7, 11) is -3.51. The topological polar surface area (TPSA) is 124 Å². The largest absolute Gasteiger partial charge is 0.444 e. The van der Waals surface area contributed by atoms with Crippen molar-refractivity contribution in [3.05, 3.63) is 71.8 Å². The average molecular weight is 688 g/mol. The molecule has 0 bridgehead atoms. The molecule has 2 aromatic carbocycles. The number of fused-ring (bicyclic) bond motifs is 1. The smallest absolute Gasteiger partial charge is 0.410 e. The highest BCUT2D eigenvalue weighted by Gasteiger charge is 2.63. The molecule has 3 heterocycles. The SMILES string of the molecule is Cc1ccc2c(CS(=O)(=O)C[C@H]3CC34CC4)c(F)ccc2c1Oc1ncccc1-c1ccnc(N[C@H]2CCCN(C(=O)OC(C)(C)C)C2)n1. The number of rotatable bonds is 9. The maximum atomic E-state index is 15.3. The number of sulfone groups is 1. The van der Waals surface area contributed by atoms with Gasteiger partial charge in [0.05, 0.1) is 22.8 Å². The fraction of sp³-hybridized carbons (Fsp3) is 0.459. The Kier molecular flexibility index (Phi) is 8.49. The van der Waals surface area contributed by atoms with Gasteiger partial charge in [-0.05, 0) is 112 Å². The summed E-state index contributed by atoms with van der Waals surface area (Å²) < 4.78 is 53.8. The first kappa shape index (κ1) is 33.2. The van der Waals surface area contributed by atoms with Gasteiger partial charge in [0.1, 0.15) is 17.2 Å². The van der Waals surface area contributed by atoms with Crippen LogP contribution in [0.1, 0.15) is 64.0 Å². The van der Waals surface area contributed by atoms with Crippen LogP contribution in [0.4, 0.5) is 15.1 Å². The number of nitrogens with zero attached hydrogens (tertiary/aromatic N) is 4. The Morgan fingerprint density at radius 3 is 2.63 bits per heavy atom. The molecule has 3 fully saturated rings. The number of nitrogens with one attached hydrogen (secondary N) is 1. The third-order valence-corrected chi connectivity index (χ3v) is 11.4. The van der Waals surface area contributed by atoms with Crippen LogP contribution in [0.5, 0.6) is 11.6 Å². The van der Waals surface area contributed by atoms with Crippen molar-refractivity contribution in [1.82, 2.24) is 19.9 Å². The molecule has 1 aliphatic heterocycles. The van der Waals surface area contributed by atoms with E-state index >= 15 is 4.39 Å². The number of likely N-dealkylation sites (tertiary alicyclic amines) is 1. The number of piperidine rings is 1. The Hall–Kier alpha value is -4.32. The number of pyridine rings is 1. The van der Waals surface area contributed by atoms with E-state index in [1.165, 1.54) is 6.07 Å². The number of hydrogen-bond donors (Lipinski definition) is 1. The van der Waals surface area contributed by atoms with Gasteiger partial charge in [-0.15, -0.1) is 0 Å². The molecule has 3 aliphatic rings. The van der Waals surface area contributed by atoms with Crippen molar-refractivity contribution in [2.75, 3.05) is 24.2 Å². The van der Waals surface area contributed by atoms with Crippen molar-refractivity contribution in [1.29, 1.82) is 0 Å². The van der Waals surface area contributed by atoms with Crippen LogP contribution >= 0.6 is 0 Å². The molecule has 4 aromatic rings. The maximum Gasteiger partial charge on any atom is 0.410 e. The third kappa shape index (κ3) is 7.34. The summed E-state index contributed by atoms with van der Waals surface area (Å²) in [5.74, 6) is 0.567. The minimum absolute atomic E-state index is 0.0584. The van der Waals surface area contributed by atoms with E-state index in [4.69, 9.17) is 14.5 Å². The van der Waals surface area contributed by atoms with Crippen LogP contribution in [0.25, 0.3) is 22.0 Å². The second-order valence-corrected chi connectivity index (χ2v) is 16.9. The van der Waals surface area contributed by atoms with E-state index < -0.39 is 21.3 Å². The number of ether oxygens (including phenoxy) is 2. The lowest BCUT2D eigenvalue weighted by Crippen LogP contribution is -2.47. The van der Waals surface area contributed by atoms with E-state index in [1.54, 1.807) is 41.6 Å². The molecule has 1 spiro atoms. The Labute approximate surface area is 286 Å². The number of carbonyl (C=O) groups excluding carboxylic acids is 1. The van der Waals surface area contributed by atoms with Crippen LogP contribution in [-0.4, -0.2) is 64.8 Å². The molecule has 2 saturated carbocycles. The molecule has 2 aromatic heterocycles. The molecule has 10 nitrogen and oxygen atoms in total. The Balaban J connectivity index is 1.12. The number of amides is 1. The molecular formula is C37H42FN5O5S. The fourth-order valence-electron chi connectivity index (χ4n) is 6.94. The Morgan fingerprint density at radius 1 is 1.08 bits per heavy atom. The summed E-state index contributed by atoms with van der Waals surface area (Å²) in [5, 5.41) is 4.48. The molecule has 7 rings (SSSR count). The lowest BCUT2D eigenvalue weighted by Gasteiger charge is -2.34. The van der Waals surface area contributed by atoms with Crippen molar-refractivity contribution < 1.29 is 27.1 Å². The number of aromatic nitrogens is 3. The second kappa shape index (κ2) is 12.5. The van der Waals surface area contributed by atoms with Crippen LogP contribution in [0.15, 0.2) is 54.9 Å². The van der Waals surface area contributed by atoms with Crippen molar-refractivity contribution in [2.24, 2.45) is 11.3 Å². The van der Waals surface area contributed by atoms with E-state index in [0.717, 1.165) is 37.7 Å². The minimum atomic E-state index is -3.51. The van der Waals surface area contributed by atoms with Gasteiger partial charge >= 0.3 is 6.09 Å². The summed E-state index contributed by atoms with van der Waals surface area (Å²) in [6, 6.07) is 11.9. The molecular weight excluding hydrogens is 646 g/mol. The highest BCUT2D eigenvalue weighted by Crippen LogP contribution is 2.70.